The molecule has 1 aromatic carbocycles. The van der Waals surface area contributed by atoms with Gasteiger partial charge in [-0.1, -0.05) is 19.1 Å². The van der Waals surface area contributed by atoms with Gasteiger partial charge in [-0.2, -0.15) is 0 Å². The Morgan fingerprint density at radius 3 is 2.21 bits per heavy atom. The maximum Gasteiger partial charge on any atom is 0.339 e. The highest BCUT2D eigenvalue weighted by atomic mass is 16.4. The third-order valence-electron chi connectivity index (χ3n) is 2.14. The number of aromatic carboxylic acids is 1. The number of para-hydroxylation sites is 1. The largest absolute Gasteiger partial charge is 0.504 e. The molecule has 5 N–H and O–H groups in total. The molecule has 0 aromatic heterocycles. The third-order valence-corrected chi connectivity index (χ3v) is 2.14. The van der Waals surface area contributed by atoms with E-state index in [0.717, 1.165) is 6.42 Å². The summed E-state index contributed by atoms with van der Waals surface area (Å²) in [4.78, 5) is 20.5. The molecule has 0 saturated heterocycles. The fraction of sp³-hybridized carbons (Fsp3) is 0.231. The number of rotatable bonds is 3. The summed E-state index contributed by atoms with van der Waals surface area (Å²) in [6.07, 6.45) is 2.68. The van der Waals surface area contributed by atoms with E-state index in [4.69, 9.17) is 21.1 Å². The molecule has 1 rings (SSSR count). The van der Waals surface area contributed by atoms with Crippen molar-refractivity contribution in [3.05, 3.63) is 35.4 Å². The van der Waals surface area contributed by atoms with Crippen LogP contribution < -0.4 is 5.73 Å². The zero-order valence-corrected chi connectivity index (χ0v) is 10.8. The lowest BCUT2D eigenvalue weighted by Crippen LogP contribution is -2.11. The van der Waals surface area contributed by atoms with Gasteiger partial charge in [-0.15, -0.1) is 0 Å². The van der Waals surface area contributed by atoms with Crippen LogP contribution in [0.15, 0.2) is 29.8 Å². The highest BCUT2D eigenvalue weighted by molar-refractivity contribution is 5.91. The van der Waals surface area contributed by atoms with Crippen LogP contribution in [0.3, 0.4) is 0 Å². The van der Waals surface area contributed by atoms with Gasteiger partial charge in [0.15, 0.2) is 11.5 Å². The second-order valence-electron chi connectivity index (χ2n) is 3.64. The van der Waals surface area contributed by atoms with Crippen molar-refractivity contribution >= 4 is 11.9 Å². The molecule has 0 bridgehead atoms. The lowest BCUT2D eigenvalue weighted by molar-refractivity contribution is -0.114. The smallest absolute Gasteiger partial charge is 0.339 e. The Balaban J connectivity index is 0.000000362. The number of amides is 1. The van der Waals surface area contributed by atoms with Gasteiger partial charge in [-0.25, -0.2) is 4.79 Å². The van der Waals surface area contributed by atoms with Crippen molar-refractivity contribution < 1.29 is 24.9 Å². The molecule has 0 heterocycles. The quantitative estimate of drug-likeness (QED) is 0.490. The molecule has 1 amide bonds. The zero-order chi connectivity index (χ0) is 15.0. The number of aromatic hydroxyl groups is 2. The van der Waals surface area contributed by atoms with Gasteiger partial charge in [0.05, 0.1) is 0 Å². The summed E-state index contributed by atoms with van der Waals surface area (Å²) in [5.41, 5.74) is 5.26. The van der Waals surface area contributed by atoms with Crippen LogP contribution in [-0.2, 0) is 4.79 Å². The zero-order valence-electron chi connectivity index (χ0n) is 10.8. The maximum atomic E-state index is 10.3. The van der Waals surface area contributed by atoms with Crippen LogP contribution in [0.4, 0.5) is 0 Å². The van der Waals surface area contributed by atoms with Gasteiger partial charge in [-0.05, 0) is 25.5 Å². The molecule has 0 aliphatic heterocycles. The number of hydrogen-bond donors (Lipinski definition) is 4. The summed E-state index contributed by atoms with van der Waals surface area (Å²) < 4.78 is 0. The molecule has 0 atom stereocenters. The number of carboxylic acid groups (broad SMARTS) is 1. The van der Waals surface area contributed by atoms with E-state index in [1.807, 2.05) is 13.0 Å². The van der Waals surface area contributed by atoms with Gasteiger partial charge in [0.25, 0.3) is 0 Å². The molecular weight excluding hydrogens is 250 g/mol. The van der Waals surface area contributed by atoms with Crippen molar-refractivity contribution in [1.82, 2.24) is 0 Å². The summed E-state index contributed by atoms with van der Waals surface area (Å²) in [6.45, 7) is 3.68. The first kappa shape index (κ1) is 16.5. The fourth-order valence-electron chi connectivity index (χ4n) is 1.11. The average molecular weight is 267 g/mol. The number of hydrogen-bond acceptors (Lipinski definition) is 4. The molecule has 0 aliphatic carbocycles. The van der Waals surface area contributed by atoms with Crippen molar-refractivity contribution in [3.8, 4) is 11.5 Å². The number of carboxylic acids is 1. The second-order valence-corrected chi connectivity index (χ2v) is 3.64. The normalized spacial score (nSPS) is 10.3. The van der Waals surface area contributed by atoms with Gasteiger partial charge in [-0.3, -0.25) is 4.79 Å². The molecule has 0 unspecified atom stereocenters. The molecule has 104 valence electrons. The molecule has 6 nitrogen and oxygen atoms in total. The van der Waals surface area contributed by atoms with Crippen molar-refractivity contribution in [2.24, 2.45) is 5.73 Å². The summed E-state index contributed by atoms with van der Waals surface area (Å²) in [7, 11) is 0. The molecule has 1 aromatic rings. The number of phenols is 2. The van der Waals surface area contributed by atoms with E-state index in [0.29, 0.717) is 5.57 Å². The minimum atomic E-state index is -1.27. The van der Waals surface area contributed by atoms with Gasteiger partial charge in [0, 0.05) is 5.57 Å². The fourth-order valence-corrected chi connectivity index (χ4v) is 1.11. The Morgan fingerprint density at radius 1 is 1.32 bits per heavy atom. The number of carbonyl (C=O) groups is 2. The SMILES string of the molecule is CCC=C(C)C(N)=O.O=C(O)c1cccc(O)c1O. The summed E-state index contributed by atoms with van der Waals surface area (Å²) in [5.74, 6) is -2.62. The van der Waals surface area contributed by atoms with Crippen LogP contribution in [0.1, 0.15) is 30.6 Å². The number of allylic oxidation sites excluding steroid dienone is 1. The first-order chi connectivity index (χ1) is 8.81. The maximum absolute atomic E-state index is 10.3. The Kier molecular flexibility index (Phi) is 6.73. The van der Waals surface area contributed by atoms with Crippen LogP contribution in [0.25, 0.3) is 0 Å². The molecular formula is C13H17NO5. The first-order valence-corrected chi connectivity index (χ1v) is 5.52. The predicted molar refractivity (Wildman–Crippen MR) is 70.0 cm³/mol. The van der Waals surface area contributed by atoms with Crippen LogP contribution >= 0.6 is 0 Å². The lowest BCUT2D eigenvalue weighted by atomic mass is 10.2. The minimum Gasteiger partial charge on any atom is -0.504 e. The third kappa shape index (κ3) is 5.58. The van der Waals surface area contributed by atoms with E-state index in [-0.39, 0.29) is 11.5 Å². The van der Waals surface area contributed by atoms with E-state index in [1.165, 1.54) is 18.2 Å². The molecule has 0 radical (unpaired) electrons. The molecule has 0 aliphatic rings. The topological polar surface area (TPSA) is 121 Å². The molecule has 0 fully saturated rings. The summed E-state index contributed by atoms with van der Waals surface area (Å²) >= 11 is 0. The van der Waals surface area contributed by atoms with E-state index in [1.54, 1.807) is 6.92 Å². The van der Waals surface area contributed by atoms with Gasteiger partial charge in [0.1, 0.15) is 5.56 Å². The Labute approximate surface area is 110 Å². The van der Waals surface area contributed by atoms with E-state index in [2.05, 4.69) is 0 Å². The molecule has 0 saturated carbocycles. The van der Waals surface area contributed by atoms with Gasteiger partial charge in [0.2, 0.25) is 5.91 Å². The number of carbonyl (C=O) groups excluding carboxylic acids is 1. The molecule has 0 spiro atoms. The minimum absolute atomic E-state index is 0.301. The summed E-state index contributed by atoms with van der Waals surface area (Å²) in [5, 5.41) is 26.2. The van der Waals surface area contributed by atoms with Crippen LogP contribution in [0.2, 0.25) is 0 Å². The van der Waals surface area contributed by atoms with Crippen molar-refractivity contribution in [3.63, 3.8) is 0 Å². The standard InChI is InChI=1S/C7H6O4.C6H11NO/c8-5-3-1-2-4(6(5)9)7(10)11;1-3-4-5(2)6(7)8/h1-3,8-9H,(H,10,11);4H,3H2,1-2H3,(H2,7,8). The number of nitrogens with two attached hydrogens (primary N) is 1. The molecule has 19 heavy (non-hydrogen) atoms. The Bertz CT molecular complexity index is 494. The van der Waals surface area contributed by atoms with E-state index in [9.17, 15) is 9.59 Å². The number of primary amides is 1. The number of benzene rings is 1. The second kappa shape index (κ2) is 7.75. The number of phenolic OH excluding ortho intramolecular Hbond substituents is 1. The van der Waals surface area contributed by atoms with Crippen LogP contribution in [-0.4, -0.2) is 27.2 Å². The van der Waals surface area contributed by atoms with Crippen LogP contribution in [0.5, 0.6) is 11.5 Å². The van der Waals surface area contributed by atoms with E-state index >= 15 is 0 Å². The van der Waals surface area contributed by atoms with Crippen molar-refractivity contribution in [2.45, 2.75) is 20.3 Å². The summed E-state index contributed by atoms with van der Waals surface area (Å²) in [6, 6.07) is 3.76. The van der Waals surface area contributed by atoms with Crippen molar-refractivity contribution in [1.29, 1.82) is 0 Å². The highest BCUT2D eigenvalue weighted by Gasteiger charge is 2.11. The van der Waals surface area contributed by atoms with Gasteiger partial charge < -0.3 is 21.1 Å². The monoisotopic (exact) mass is 267 g/mol. The predicted octanol–water partition coefficient (Wildman–Crippen LogP) is 1.62. The van der Waals surface area contributed by atoms with Gasteiger partial charge >= 0.3 is 5.97 Å². The Morgan fingerprint density at radius 2 is 1.89 bits per heavy atom. The first-order valence-electron chi connectivity index (χ1n) is 5.52. The van der Waals surface area contributed by atoms with Crippen molar-refractivity contribution in [2.75, 3.05) is 0 Å². The highest BCUT2D eigenvalue weighted by Crippen LogP contribution is 2.27. The lowest BCUT2D eigenvalue weighted by Gasteiger charge is -1.99. The average Bonchev–Trinajstić information content (AvgIpc) is 2.33. The van der Waals surface area contributed by atoms with Crippen LogP contribution in [0, 0.1) is 0 Å². The van der Waals surface area contributed by atoms with E-state index < -0.39 is 17.5 Å². The Hall–Kier alpha value is -2.50. The molecule has 6 heteroatoms.